The molecule has 0 bridgehead atoms. The monoisotopic (exact) mass is 772 g/mol. The maximum absolute atomic E-state index is 14.2. The highest BCUT2D eigenvalue weighted by Gasteiger charge is 2.43. The predicted molar refractivity (Wildman–Crippen MR) is 216 cm³/mol. The molecule has 1 fully saturated rings. The van der Waals surface area contributed by atoms with Crippen molar-refractivity contribution in [2.75, 3.05) is 54.2 Å². The number of nitrogens with two attached hydrogens (primary N) is 1. The SMILES string of the molecule is CCC(C)C(C(CC(=O)N1CCCC1C(OC)C(C)C(=O)NC(CN=[N+]=[N-])Cc1ccc(N)cc1)OC)N(C)C(=O)C(NC(=O)C(C(C)C)N(C)C)C(C)C. The van der Waals surface area contributed by atoms with Crippen LogP contribution in [0.5, 0.6) is 0 Å². The molecule has 1 heterocycles. The number of anilines is 1. The Kier molecular flexibility index (Phi) is 19.4. The molecule has 0 spiro atoms. The van der Waals surface area contributed by atoms with Gasteiger partial charge in [0.1, 0.15) is 6.04 Å². The van der Waals surface area contributed by atoms with Crippen LogP contribution in [0, 0.1) is 23.7 Å². The zero-order chi connectivity index (χ0) is 41.6. The molecule has 55 heavy (non-hydrogen) atoms. The number of benzene rings is 1. The molecule has 15 nitrogen and oxygen atoms in total. The summed E-state index contributed by atoms with van der Waals surface area (Å²) in [4.78, 5) is 63.8. The number of ether oxygens (including phenoxy) is 2. The second kappa shape index (κ2) is 22.6. The molecular formula is C40H69N9O6. The van der Waals surface area contributed by atoms with Crippen molar-refractivity contribution in [3.05, 3.63) is 40.3 Å². The van der Waals surface area contributed by atoms with Crippen LogP contribution in [0.1, 0.15) is 79.7 Å². The quantitative estimate of drug-likeness (QED) is 0.0674. The first-order valence-corrected chi connectivity index (χ1v) is 19.7. The Morgan fingerprint density at radius 3 is 2.13 bits per heavy atom. The summed E-state index contributed by atoms with van der Waals surface area (Å²) in [7, 11) is 8.53. The van der Waals surface area contributed by atoms with Crippen molar-refractivity contribution in [3.63, 3.8) is 0 Å². The number of rotatable bonds is 22. The molecule has 4 amide bonds. The van der Waals surface area contributed by atoms with Crippen LogP contribution >= 0.6 is 0 Å². The van der Waals surface area contributed by atoms with E-state index in [1.807, 2.05) is 72.7 Å². The molecule has 1 aliphatic rings. The van der Waals surface area contributed by atoms with E-state index in [1.54, 1.807) is 50.1 Å². The molecule has 0 aromatic heterocycles. The van der Waals surface area contributed by atoms with E-state index in [1.165, 1.54) is 0 Å². The molecule has 2 rings (SSSR count). The largest absolute Gasteiger partial charge is 0.399 e. The van der Waals surface area contributed by atoms with Crippen LogP contribution in [0.3, 0.4) is 0 Å². The van der Waals surface area contributed by atoms with Gasteiger partial charge in [-0.25, -0.2) is 0 Å². The number of hydrogen-bond acceptors (Lipinski definition) is 9. The molecule has 0 radical (unpaired) electrons. The number of likely N-dealkylation sites (tertiary alicyclic amines) is 1. The van der Waals surface area contributed by atoms with Gasteiger partial charge < -0.3 is 35.6 Å². The number of hydrogen-bond donors (Lipinski definition) is 3. The lowest BCUT2D eigenvalue weighted by Gasteiger charge is -2.41. The highest BCUT2D eigenvalue weighted by molar-refractivity contribution is 5.90. The zero-order valence-electron chi connectivity index (χ0n) is 35.3. The number of azide groups is 1. The molecule has 1 aromatic rings. The van der Waals surface area contributed by atoms with E-state index >= 15 is 0 Å². The van der Waals surface area contributed by atoms with Crippen LogP contribution in [-0.4, -0.2) is 129 Å². The summed E-state index contributed by atoms with van der Waals surface area (Å²) in [5, 5.41) is 9.79. The van der Waals surface area contributed by atoms with Crippen molar-refractivity contribution in [2.24, 2.45) is 28.8 Å². The Bertz CT molecular complexity index is 1430. The lowest BCUT2D eigenvalue weighted by molar-refractivity contribution is -0.148. The lowest BCUT2D eigenvalue weighted by Crippen LogP contribution is -2.59. The highest BCUT2D eigenvalue weighted by Crippen LogP contribution is 2.30. The average Bonchev–Trinajstić information content (AvgIpc) is 3.62. The van der Waals surface area contributed by atoms with Gasteiger partial charge in [0.15, 0.2) is 0 Å². The summed E-state index contributed by atoms with van der Waals surface area (Å²) in [5.41, 5.74) is 16.4. The number of nitrogens with zero attached hydrogens (tertiary/aromatic N) is 6. The topological polar surface area (TPSA) is 195 Å². The predicted octanol–water partition coefficient (Wildman–Crippen LogP) is 4.25. The van der Waals surface area contributed by atoms with Gasteiger partial charge in [0.25, 0.3) is 0 Å². The molecule has 9 atom stereocenters. The van der Waals surface area contributed by atoms with Crippen LogP contribution in [-0.2, 0) is 35.1 Å². The Hall–Kier alpha value is -3.91. The molecule has 0 aliphatic carbocycles. The molecule has 4 N–H and O–H groups in total. The maximum atomic E-state index is 14.2. The zero-order valence-corrected chi connectivity index (χ0v) is 35.3. The molecule has 1 aromatic carbocycles. The fourth-order valence-electron chi connectivity index (χ4n) is 7.98. The third-order valence-electron chi connectivity index (χ3n) is 11.1. The van der Waals surface area contributed by atoms with Gasteiger partial charge in [0.2, 0.25) is 23.6 Å². The molecule has 15 heteroatoms. The average molecular weight is 772 g/mol. The lowest BCUT2D eigenvalue weighted by atomic mass is 9.89. The number of carbonyl (C=O) groups excluding carboxylic acids is 4. The molecule has 310 valence electrons. The van der Waals surface area contributed by atoms with E-state index in [0.717, 1.165) is 18.4 Å². The van der Waals surface area contributed by atoms with Gasteiger partial charge in [-0.15, -0.1) is 0 Å². The minimum atomic E-state index is -0.769. The van der Waals surface area contributed by atoms with E-state index in [2.05, 4.69) is 20.7 Å². The van der Waals surface area contributed by atoms with Gasteiger partial charge in [0.05, 0.1) is 42.7 Å². The number of likely N-dealkylation sites (N-methyl/N-ethyl adjacent to an activating group) is 2. The third-order valence-corrected chi connectivity index (χ3v) is 11.1. The normalized spacial score (nSPS) is 18.8. The summed E-state index contributed by atoms with van der Waals surface area (Å²) in [6.45, 7) is 14.2. The Balaban J connectivity index is 2.28. The van der Waals surface area contributed by atoms with Crippen LogP contribution < -0.4 is 16.4 Å². The minimum Gasteiger partial charge on any atom is -0.399 e. The van der Waals surface area contributed by atoms with Gasteiger partial charge in [-0.1, -0.05) is 72.1 Å². The fourth-order valence-corrected chi connectivity index (χ4v) is 7.98. The van der Waals surface area contributed by atoms with Gasteiger partial charge in [0, 0.05) is 51.0 Å². The van der Waals surface area contributed by atoms with Gasteiger partial charge in [-0.3, -0.25) is 24.1 Å². The smallest absolute Gasteiger partial charge is 0.245 e. The molecular weight excluding hydrogens is 702 g/mol. The van der Waals surface area contributed by atoms with Crippen molar-refractivity contribution < 1.29 is 28.7 Å². The number of methoxy groups -OCH3 is 2. The highest BCUT2D eigenvalue weighted by atomic mass is 16.5. The van der Waals surface area contributed by atoms with Gasteiger partial charge in [-0.05, 0) is 74.3 Å². The Morgan fingerprint density at radius 2 is 1.62 bits per heavy atom. The minimum absolute atomic E-state index is 0.0151. The first kappa shape index (κ1) is 47.2. The summed E-state index contributed by atoms with van der Waals surface area (Å²) in [6.07, 6.45) is 1.34. The summed E-state index contributed by atoms with van der Waals surface area (Å²) in [5.74, 6) is -1.68. The standard InChI is InChI=1S/C40H69N9O6/c1-13-26(6)36(48(10)40(53)34(24(2)3)45-39(52)35(25(4)5)47(8)9)32(54-11)22-33(50)49-20-14-15-31(49)37(55-12)27(7)38(51)44-30(23-43-46-42)21-28-16-18-29(41)19-17-28/h16-19,24-27,30-32,34-37H,13-15,20-23,41H2,1-12H3,(H,44,51)(H,45,52). The van der Waals surface area contributed by atoms with E-state index in [0.29, 0.717) is 25.1 Å². The number of nitrogen functional groups attached to an aromatic ring is 1. The van der Waals surface area contributed by atoms with Gasteiger partial charge in [-0.2, -0.15) is 0 Å². The van der Waals surface area contributed by atoms with Gasteiger partial charge >= 0.3 is 0 Å². The number of nitrogens with one attached hydrogen (secondary N) is 2. The number of amides is 4. The first-order chi connectivity index (χ1) is 25.9. The summed E-state index contributed by atoms with van der Waals surface area (Å²) < 4.78 is 12.0. The molecule has 9 unspecified atom stereocenters. The second-order valence-electron chi connectivity index (χ2n) is 16.0. The number of carbonyl (C=O) groups is 4. The van der Waals surface area contributed by atoms with Crippen molar-refractivity contribution in [3.8, 4) is 0 Å². The van der Waals surface area contributed by atoms with Crippen molar-refractivity contribution in [1.82, 2.24) is 25.3 Å². The molecule has 1 saturated heterocycles. The van der Waals surface area contributed by atoms with Crippen molar-refractivity contribution >= 4 is 29.3 Å². The van der Waals surface area contributed by atoms with Crippen LogP contribution in [0.15, 0.2) is 29.4 Å². The second-order valence-corrected chi connectivity index (χ2v) is 16.0. The van der Waals surface area contributed by atoms with Crippen LogP contribution in [0.2, 0.25) is 0 Å². The molecule has 1 aliphatic heterocycles. The molecule has 0 saturated carbocycles. The Morgan fingerprint density at radius 1 is 0.982 bits per heavy atom. The van der Waals surface area contributed by atoms with E-state index < -0.39 is 42.3 Å². The van der Waals surface area contributed by atoms with Crippen molar-refractivity contribution in [1.29, 1.82) is 0 Å². The summed E-state index contributed by atoms with van der Waals surface area (Å²) >= 11 is 0. The third kappa shape index (κ3) is 13.1. The maximum Gasteiger partial charge on any atom is 0.245 e. The van der Waals surface area contributed by atoms with E-state index in [9.17, 15) is 19.2 Å². The fraction of sp³-hybridized carbons (Fsp3) is 0.750. The van der Waals surface area contributed by atoms with Crippen LogP contribution in [0.4, 0.5) is 5.69 Å². The summed E-state index contributed by atoms with van der Waals surface area (Å²) in [6, 6.07) is 4.85. The van der Waals surface area contributed by atoms with Crippen molar-refractivity contribution in [2.45, 2.75) is 123 Å². The Labute approximate surface area is 329 Å². The first-order valence-electron chi connectivity index (χ1n) is 19.7. The van der Waals surface area contributed by atoms with Crippen LogP contribution in [0.25, 0.3) is 10.4 Å². The van der Waals surface area contributed by atoms with E-state index in [-0.39, 0.29) is 60.4 Å². The van der Waals surface area contributed by atoms with E-state index in [4.69, 9.17) is 20.7 Å².